The van der Waals surface area contributed by atoms with Gasteiger partial charge in [-0.25, -0.2) is 9.48 Å². The van der Waals surface area contributed by atoms with E-state index in [4.69, 9.17) is 5.10 Å². The molecular weight excluding hydrogens is 604 g/mol. The van der Waals surface area contributed by atoms with Crippen LogP contribution in [0.25, 0.3) is 5.69 Å². The zero-order valence-electron chi connectivity index (χ0n) is 28.1. The highest BCUT2D eigenvalue weighted by molar-refractivity contribution is 6.00. The number of fused-ring (bicyclic) bond motifs is 1. The number of carbonyl (C=O) groups excluding carboxylic acids is 3. The SMILES string of the molecule is CCCCN(CCCC)C(=O)c1cc(C)n(-c2ccc(NC(=O)NCc3ccccc3)cc2C(=O)N2Cc3ccccc3CC2CO)n1. The normalized spacial score (nSPS) is 13.9. The molecule has 4 aromatic rings. The predicted molar refractivity (Wildman–Crippen MR) is 187 cm³/mol. The van der Waals surface area contributed by atoms with Gasteiger partial charge in [-0.1, -0.05) is 81.3 Å². The average molecular weight is 651 g/mol. The maximum Gasteiger partial charge on any atom is 0.319 e. The maximum atomic E-state index is 14.5. The lowest BCUT2D eigenvalue weighted by atomic mass is 9.93. The molecule has 48 heavy (non-hydrogen) atoms. The van der Waals surface area contributed by atoms with E-state index in [0.29, 0.717) is 60.9 Å². The summed E-state index contributed by atoms with van der Waals surface area (Å²) < 4.78 is 1.63. The summed E-state index contributed by atoms with van der Waals surface area (Å²) in [7, 11) is 0. The number of hydrogen-bond acceptors (Lipinski definition) is 5. The molecule has 252 valence electrons. The highest BCUT2D eigenvalue weighted by Crippen LogP contribution is 2.29. The Hall–Kier alpha value is -4.96. The number of amides is 4. The molecule has 3 N–H and O–H groups in total. The molecule has 0 radical (unpaired) electrons. The van der Waals surface area contributed by atoms with E-state index >= 15 is 0 Å². The molecule has 0 fully saturated rings. The Morgan fingerprint density at radius 2 is 1.60 bits per heavy atom. The van der Waals surface area contributed by atoms with Crippen molar-refractivity contribution < 1.29 is 19.5 Å². The minimum atomic E-state index is -0.424. The number of nitrogens with one attached hydrogen (secondary N) is 2. The molecule has 0 saturated carbocycles. The van der Waals surface area contributed by atoms with Crippen molar-refractivity contribution in [2.45, 2.75) is 72.0 Å². The number of nitrogens with zero attached hydrogens (tertiary/aromatic N) is 4. The Labute approximate surface area is 282 Å². The fraction of sp³-hybridized carbons (Fsp3) is 0.368. The van der Waals surface area contributed by atoms with Gasteiger partial charge in [0.25, 0.3) is 11.8 Å². The smallest absolute Gasteiger partial charge is 0.319 e. The van der Waals surface area contributed by atoms with Crippen LogP contribution in [0, 0.1) is 6.92 Å². The van der Waals surface area contributed by atoms with Gasteiger partial charge in [-0.05, 0) is 67.1 Å². The van der Waals surface area contributed by atoms with E-state index in [1.807, 2.05) is 66.4 Å². The van der Waals surface area contributed by atoms with Crippen LogP contribution in [0.15, 0.2) is 78.9 Å². The third-order valence-electron chi connectivity index (χ3n) is 8.79. The number of urea groups is 1. The van der Waals surface area contributed by atoms with Gasteiger partial charge in [0.1, 0.15) is 0 Å². The van der Waals surface area contributed by atoms with Crippen molar-refractivity contribution in [2.24, 2.45) is 0 Å². The molecule has 5 rings (SSSR count). The van der Waals surface area contributed by atoms with Crippen molar-refractivity contribution in [2.75, 3.05) is 25.0 Å². The highest BCUT2D eigenvalue weighted by Gasteiger charge is 2.32. The molecule has 10 nitrogen and oxygen atoms in total. The van der Waals surface area contributed by atoms with E-state index in [1.54, 1.807) is 33.8 Å². The first kappa shape index (κ1) is 34.4. The first-order chi connectivity index (χ1) is 23.3. The zero-order valence-corrected chi connectivity index (χ0v) is 28.1. The molecule has 0 aliphatic carbocycles. The van der Waals surface area contributed by atoms with Gasteiger partial charge in [0, 0.05) is 37.6 Å². The van der Waals surface area contributed by atoms with Crippen LogP contribution < -0.4 is 10.6 Å². The minimum absolute atomic E-state index is 0.131. The summed E-state index contributed by atoms with van der Waals surface area (Å²) in [6, 6.07) is 23.6. The molecule has 0 bridgehead atoms. The predicted octanol–water partition coefficient (Wildman–Crippen LogP) is 6.10. The number of aromatic nitrogens is 2. The second-order valence-electron chi connectivity index (χ2n) is 12.3. The number of rotatable bonds is 13. The third-order valence-corrected chi connectivity index (χ3v) is 8.79. The maximum absolute atomic E-state index is 14.5. The molecular formula is C38H46N6O4. The lowest BCUT2D eigenvalue weighted by molar-refractivity contribution is 0.0544. The van der Waals surface area contributed by atoms with Crippen molar-refractivity contribution in [1.82, 2.24) is 24.9 Å². The molecule has 1 atom stereocenters. The van der Waals surface area contributed by atoms with Gasteiger partial charge in [0.05, 0.1) is 23.9 Å². The molecule has 2 heterocycles. The lowest BCUT2D eigenvalue weighted by Crippen LogP contribution is -2.46. The summed E-state index contributed by atoms with van der Waals surface area (Å²) >= 11 is 0. The van der Waals surface area contributed by atoms with Crippen molar-refractivity contribution in [3.05, 3.63) is 113 Å². The number of unbranched alkanes of at least 4 members (excludes halogenated alkanes) is 2. The van der Waals surface area contributed by atoms with E-state index in [-0.39, 0.29) is 18.4 Å². The lowest BCUT2D eigenvalue weighted by Gasteiger charge is -2.36. The topological polar surface area (TPSA) is 120 Å². The summed E-state index contributed by atoms with van der Waals surface area (Å²) in [4.78, 5) is 44.6. The Morgan fingerprint density at radius 3 is 2.29 bits per heavy atom. The number of aryl methyl sites for hydroxylation is 1. The van der Waals surface area contributed by atoms with E-state index in [1.165, 1.54) is 0 Å². The van der Waals surface area contributed by atoms with Gasteiger partial charge in [0.2, 0.25) is 0 Å². The van der Waals surface area contributed by atoms with Crippen LogP contribution in [0.4, 0.5) is 10.5 Å². The summed E-state index contributed by atoms with van der Waals surface area (Å²) in [5, 5.41) is 20.8. The second-order valence-corrected chi connectivity index (χ2v) is 12.3. The first-order valence-electron chi connectivity index (χ1n) is 16.9. The average Bonchev–Trinajstić information content (AvgIpc) is 3.51. The Morgan fingerprint density at radius 1 is 0.917 bits per heavy atom. The molecule has 3 aromatic carbocycles. The quantitative estimate of drug-likeness (QED) is 0.162. The van der Waals surface area contributed by atoms with Gasteiger partial charge in [-0.2, -0.15) is 5.10 Å². The van der Waals surface area contributed by atoms with Crippen molar-refractivity contribution in [3.63, 3.8) is 0 Å². The Kier molecular flexibility index (Phi) is 11.6. The largest absolute Gasteiger partial charge is 0.394 e. The van der Waals surface area contributed by atoms with Gasteiger partial charge in [-0.3, -0.25) is 9.59 Å². The minimum Gasteiger partial charge on any atom is -0.394 e. The fourth-order valence-electron chi connectivity index (χ4n) is 6.06. The monoisotopic (exact) mass is 650 g/mol. The molecule has 0 saturated heterocycles. The van der Waals surface area contributed by atoms with Gasteiger partial charge in [0.15, 0.2) is 5.69 Å². The third kappa shape index (κ3) is 8.12. The Balaban J connectivity index is 1.48. The molecule has 10 heteroatoms. The number of aliphatic hydroxyl groups excluding tert-OH is 1. The summed E-state index contributed by atoms with van der Waals surface area (Å²) in [6.07, 6.45) is 4.31. The van der Waals surface area contributed by atoms with E-state index in [2.05, 4.69) is 24.5 Å². The Bertz CT molecular complexity index is 1710. The van der Waals surface area contributed by atoms with E-state index < -0.39 is 12.1 Å². The van der Waals surface area contributed by atoms with E-state index in [0.717, 1.165) is 42.4 Å². The van der Waals surface area contributed by atoms with Crippen LogP contribution in [0.5, 0.6) is 0 Å². The number of benzene rings is 3. The molecule has 1 aromatic heterocycles. The molecule has 4 amide bonds. The first-order valence-corrected chi connectivity index (χ1v) is 16.9. The summed E-state index contributed by atoms with van der Waals surface area (Å²) in [5.41, 5.74) is 5.31. The molecule has 1 aliphatic rings. The van der Waals surface area contributed by atoms with Gasteiger partial charge < -0.3 is 25.5 Å². The van der Waals surface area contributed by atoms with Crippen LogP contribution >= 0.6 is 0 Å². The van der Waals surface area contributed by atoms with Gasteiger partial charge >= 0.3 is 6.03 Å². The van der Waals surface area contributed by atoms with Crippen LogP contribution in [0.2, 0.25) is 0 Å². The molecule has 1 aliphatic heterocycles. The number of hydrogen-bond donors (Lipinski definition) is 3. The highest BCUT2D eigenvalue weighted by atomic mass is 16.3. The second kappa shape index (κ2) is 16.2. The van der Waals surface area contributed by atoms with Crippen LogP contribution in [0.1, 0.15) is 82.8 Å². The van der Waals surface area contributed by atoms with Crippen molar-refractivity contribution in [1.29, 1.82) is 0 Å². The van der Waals surface area contributed by atoms with Crippen molar-refractivity contribution in [3.8, 4) is 5.69 Å². The molecule has 0 spiro atoms. The summed E-state index contributed by atoms with van der Waals surface area (Å²) in [5.74, 6) is -0.435. The van der Waals surface area contributed by atoms with Gasteiger partial charge in [-0.15, -0.1) is 0 Å². The standard InChI is InChI=1S/C38H46N6O4/c1-4-6-19-42(20-7-5-2)37(47)34-21-27(3)44(41-34)35-18-17-31(40-38(48)39-24-28-13-9-8-10-14-28)23-33(35)36(46)43-25-30-16-12-11-15-29(30)22-32(43)26-45/h8-18,21,23,32,45H,4-7,19-20,22,24-26H2,1-3H3,(H2,39,40,48). The zero-order chi connectivity index (χ0) is 34.0. The van der Waals surface area contributed by atoms with E-state index in [9.17, 15) is 19.5 Å². The summed E-state index contributed by atoms with van der Waals surface area (Å²) in [6.45, 7) is 7.88. The van der Waals surface area contributed by atoms with Crippen LogP contribution in [0.3, 0.4) is 0 Å². The number of aliphatic hydroxyl groups is 1. The fourth-order valence-corrected chi connectivity index (χ4v) is 6.06. The van der Waals surface area contributed by atoms with Crippen molar-refractivity contribution >= 4 is 23.5 Å². The molecule has 1 unspecified atom stereocenters. The van der Waals surface area contributed by atoms with Crippen LogP contribution in [-0.4, -0.2) is 68.3 Å². The van der Waals surface area contributed by atoms with Crippen LogP contribution in [-0.2, 0) is 19.5 Å². The number of carbonyl (C=O) groups is 3. The number of anilines is 1.